The van der Waals surface area contributed by atoms with Crippen molar-refractivity contribution in [1.29, 1.82) is 0 Å². The number of hydrogen-bond donors (Lipinski definition) is 2. The molecule has 1 amide bonds. The summed E-state index contributed by atoms with van der Waals surface area (Å²) in [6.45, 7) is 3.25. The largest absolute Gasteiger partial charge is 0.322 e. The second kappa shape index (κ2) is 8.00. The summed E-state index contributed by atoms with van der Waals surface area (Å²) in [6.07, 6.45) is 0. The van der Waals surface area contributed by atoms with Gasteiger partial charge in [0.2, 0.25) is 0 Å². The zero-order valence-corrected chi connectivity index (χ0v) is 16.5. The number of anilines is 2. The molecular weight excluding hydrogens is 398 g/mol. The van der Waals surface area contributed by atoms with E-state index in [1.54, 1.807) is 6.92 Å². The minimum Gasteiger partial charge on any atom is -0.322 e. The van der Waals surface area contributed by atoms with Gasteiger partial charge in [-0.15, -0.1) is 0 Å². The van der Waals surface area contributed by atoms with Gasteiger partial charge in [-0.2, -0.15) is 0 Å². The lowest BCUT2D eigenvalue weighted by molar-refractivity contribution is 0.102. The monoisotopic (exact) mass is 416 g/mol. The molecule has 0 spiro atoms. The lowest BCUT2D eigenvalue weighted by atomic mass is 10.1. The van der Waals surface area contributed by atoms with E-state index in [0.29, 0.717) is 16.8 Å². The number of rotatable bonds is 5. The highest BCUT2D eigenvalue weighted by molar-refractivity contribution is 7.92. The Kier molecular flexibility index (Phi) is 5.65. The Morgan fingerprint density at radius 2 is 1.62 bits per heavy atom. The van der Waals surface area contributed by atoms with Crippen LogP contribution >= 0.6 is 0 Å². The first-order chi connectivity index (χ1) is 13.7. The van der Waals surface area contributed by atoms with Crippen molar-refractivity contribution < 1.29 is 22.0 Å². The Balaban J connectivity index is 1.82. The smallest absolute Gasteiger partial charge is 0.261 e. The number of amides is 1. The zero-order valence-electron chi connectivity index (χ0n) is 15.7. The fourth-order valence-corrected chi connectivity index (χ4v) is 3.66. The standard InChI is InChI=1S/C21H18F2N2O3S/c1-13-7-9-18(12-19(13)23)29(27,28)25-17-5-3-4-15(10-17)21(26)24-20-11-16(22)8-6-14(20)2/h3-12,25H,1-2H3,(H,24,26). The number of hydrogen-bond acceptors (Lipinski definition) is 3. The summed E-state index contributed by atoms with van der Waals surface area (Å²) in [6, 6.07) is 13.4. The van der Waals surface area contributed by atoms with Crippen molar-refractivity contribution in [3.8, 4) is 0 Å². The van der Waals surface area contributed by atoms with Crippen molar-refractivity contribution in [3.63, 3.8) is 0 Å². The van der Waals surface area contributed by atoms with Crippen molar-refractivity contribution in [2.75, 3.05) is 10.0 Å². The highest BCUT2D eigenvalue weighted by atomic mass is 32.2. The third-order valence-corrected chi connectivity index (χ3v) is 5.66. The predicted molar refractivity (Wildman–Crippen MR) is 107 cm³/mol. The number of benzene rings is 3. The Morgan fingerprint density at radius 3 is 2.34 bits per heavy atom. The van der Waals surface area contributed by atoms with E-state index >= 15 is 0 Å². The fraction of sp³-hybridized carbons (Fsp3) is 0.0952. The van der Waals surface area contributed by atoms with Gasteiger partial charge in [-0.3, -0.25) is 9.52 Å². The van der Waals surface area contributed by atoms with Crippen LogP contribution < -0.4 is 10.0 Å². The predicted octanol–water partition coefficient (Wildman–Crippen LogP) is 4.63. The second-order valence-electron chi connectivity index (χ2n) is 6.51. The molecule has 0 atom stereocenters. The Labute approximate surface area is 167 Å². The molecule has 3 aromatic carbocycles. The lowest BCUT2D eigenvalue weighted by Gasteiger charge is -2.11. The van der Waals surface area contributed by atoms with Crippen molar-refractivity contribution in [2.24, 2.45) is 0 Å². The summed E-state index contributed by atoms with van der Waals surface area (Å²) < 4.78 is 54.4. The summed E-state index contributed by atoms with van der Waals surface area (Å²) in [5.41, 5.74) is 1.63. The molecule has 3 aromatic rings. The van der Waals surface area contributed by atoms with E-state index in [1.165, 1.54) is 61.5 Å². The molecule has 0 radical (unpaired) electrons. The molecule has 8 heteroatoms. The average Bonchev–Trinajstić information content (AvgIpc) is 2.66. The molecule has 0 aliphatic heterocycles. The Bertz CT molecular complexity index is 1190. The molecule has 0 aliphatic carbocycles. The average molecular weight is 416 g/mol. The first kappa shape index (κ1) is 20.5. The van der Waals surface area contributed by atoms with Crippen LogP contribution in [-0.2, 0) is 10.0 Å². The molecule has 0 saturated carbocycles. The van der Waals surface area contributed by atoms with Gasteiger partial charge in [0.15, 0.2) is 0 Å². The summed E-state index contributed by atoms with van der Waals surface area (Å²) in [5, 5.41) is 2.60. The summed E-state index contributed by atoms with van der Waals surface area (Å²) >= 11 is 0. The third kappa shape index (κ3) is 4.78. The zero-order chi connectivity index (χ0) is 21.2. The lowest BCUT2D eigenvalue weighted by Crippen LogP contribution is -2.16. The van der Waals surface area contributed by atoms with Crippen molar-refractivity contribution in [2.45, 2.75) is 18.7 Å². The molecular formula is C21H18F2N2O3S. The van der Waals surface area contributed by atoms with Gasteiger partial charge in [-0.25, -0.2) is 17.2 Å². The SMILES string of the molecule is Cc1ccc(S(=O)(=O)Nc2cccc(C(=O)Nc3cc(F)ccc3C)c2)cc1F. The van der Waals surface area contributed by atoms with Gasteiger partial charge in [0.05, 0.1) is 4.90 Å². The van der Waals surface area contributed by atoms with Crippen LogP contribution in [0.15, 0.2) is 65.6 Å². The topological polar surface area (TPSA) is 75.3 Å². The first-order valence-electron chi connectivity index (χ1n) is 8.62. The van der Waals surface area contributed by atoms with Crippen LogP contribution in [0.4, 0.5) is 20.2 Å². The number of aryl methyl sites for hydroxylation is 2. The van der Waals surface area contributed by atoms with Gasteiger partial charge in [0, 0.05) is 16.9 Å². The van der Waals surface area contributed by atoms with Gasteiger partial charge < -0.3 is 5.32 Å². The maximum atomic E-state index is 13.7. The van der Waals surface area contributed by atoms with Crippen LogP contribution in [0, 0.1) is 25.5 Å². The van der Waals surface area contributed by atoms with Crippen molar-refractivity contribution in [3.05, 3.63) is 89.0 Å². The van der Waals surface area contributed by atoms with Crippen LogP contribution in [0.2, 0.25) is 0 Å². The van der Waals surface area contributed by atoms with E-state index in [-0.39, 0.29) is 16.1 Å². The number of halogens is 2. The van der Waals surface area contributed by atoms with Gasteiger partial charge >= 0.3 is 0 Å². The number of nitrogens with one attached hydrogen (secondary N) is 2. The third-order valence-electron chi connectivity index (χ3n) is 4.28. The molecule has 5 nitrogen and oxygen atoms in total. The molecule has 0 saturated heterocycles. The van der Waals surface area contributed by atoms with Gasteiger partial charge in [0.25, 0.3) is 15.9 Å². The van der Waals surface area contributed by atoms with E-state index in [4.69, 9.17) is 0 Å². The molecule has 2 N–H and O–H groups in total. The summed E-state index contributed by atoms with van der Waals surface area (Å²) in [5.74, 6) is -1.65. The molecule has 0 unspecified atom stereocenters. The number of carbonyl (C=O) groups excluding carboxylic acids is 1. The highest BCUT2D eigenvalue weighted by Gasteiger charge is 2.17. The van der Waals surface area contributed by atoms with Gasteiger partial charge in [-0.1, -0.05) is 18.2 Å². The molecule has 3 rings (SSSR count). The number of sulfonamides is 1. The first-order valence-corrected chi connectivity index (χ1v) is 10.1. The van der Waals surface area contributed by atoms with Gasteiger partial charge in [0.1, 0.15) is 11.6 Å². The molecule has 150 valence electrons. The van der Waals surface area contributed by atoms with Crippen LogP contribution in [0.25, 0.3) is 0 Å². The molecule has 0 fully saturated rings. The molecule has 0 heterocycles. The quantitative estimate of drug-likeness (QED) is 0.637. The van der Waals surface area contributed by atoms with E-state index in [2.05, 4.69) is 10.0 Å². The minimum atomic E-state index is -4.04. The van der Waals surface area contributed by atoms with Gasteiger partial charge in [-0.05, 0) is 67.4 Å². The summed E-state index contributed by atoms with van der Waals surface area (Å²) in [4.78, 5) is 12.3. The maximum absolute atomic E-state index is 13.7. The Morgan fingerprint density at radius 1 is 0.897 bits per heavy atom. The molecule has 29 heavy (non-hydrogen) atoms. The maximum Gasteiger partial charge on any atom is 0.261 e. The molecule has 0 aliphatic rings. The normalized spacial score (nSPS) is 11.2. The number of carbonyl (C=O) groups is 1. The van der Waals surface area contributed by atoms with Crippen LogP contribution in [0.1, 0.15) is 21.5 Å². The van der Waals surface area contributed by atoms with Crippen LogP contribution in [-0.4, -0.2) is 14.3 Å². The van der Waals surface area contributed by atoms with Crippen LogP contribution in [0.3, 0.4) is 0 Å². The second-order valence-corrected chi connectivity index (χ2v) is 8.19. The van der Waals surface area contributed by atoms with Crippen LogP contribution in [0.5, 0.6) is 0 Å². The van der Waals surface area contributed by atoms with E-state index in [0.717, 1.165) is 6.07 Å². The van der Waals surface area contributed by atoms with Crippen molar-refractivity contribution >= 4 is 27.3 Å². The highest BCUT2D eigenvalue weighted by Crippen LogP contribution is 2.21. The molecule has 0 aromatic heterocycles. The molecule has 0 bridgehead atoms. The van der Waals surface area contributed by atoms with E-state index < -0.39 is 27.6 Å². The fourth-order valence-electron chi connectivity index (χ4n) is 2.60. The van der Waals surface area contributed by atoms with E-state index in [1.807, 2.05) is 0 Å². The minimum absolute atomic E-state index is 0.134. The summed E-state index contributed by atoms with van der Waals surface area (Å²) in [7, 11) is -4.04. The van der Waals surface area contributed by atoms with Crippen molar-refractivity contribution in [1.82, 2.24) is 0 Å². The van der Waals surface area contributed by atoms with E-state index in [9.17, 15) is 22.0 Å². The Hall–Kier alpha value is -3.26.